The van der Waals surface area contributed by atoms with Crippen molar-refractivity contribution in [3.63, 3.8) is 0 Å². The normalized spacial score (nSPS) is 29.4. The average Bonchev–Trinajstić information content (AvgIpc) is 1.67. The molecule has 0 unspecified atom stereocenters. The van der Waals surface area contributed by atoms with E-state index < -0.39 is 38.5 Å². The molecule has 5 heterocycles. The topological polar surface area (TPSA) is 206 Å². The van der Waals surface area contributed by atoms with Gasteiger partial charge in [0.2, 0.25) is 5.91 Å². The molecule has 3 aliphatic heterocycles. The summed E-state index contributed by atoms with van der Waals surface area (Å²) in [5.74, 6) is 16.1. The van der Waals surface area contributed by atoms with Gasteiger partial charge in [0.1, 0.15) is 30.4 Å². The Morgan fingerprint density at radius 2 is 1.29 bits per heavy atom. The lowest BCUT2D eigenvalue weighted by Crippen LogP contribution is -2.62. The van der Waals surface area contributed by atoms with Gasteiger partial charge in [-0.15, -0.1) is 0 Å². The van der Waals surface area contributed by atoms with Gasteiger partial charge >= 0.3 is 5.97 Å². The molecule has 3 saturated heterocycles. The molecular weight excluding hydrogens is 1210 g/mol. The molecule has 16 atom stereocenters. The number of carbonyl (C=O) groups excluding carboxylic acids is 2. The predicted molar refractivity (Wildman–Crippen MR) is 375 cm³/mol. The Morgan fingerprint density at radius 1 is 0.758 bits per heavy atom. The third-order valence-electron chi connectivity index (χ3n) is 22.8. The van der Waals surface area contributed by atoms with Gasteiger partial charge in [0.05, 0.1) is 70.0 Å². The fourth-order valence-corrected chi connectivity index (χ4v) is 21.5. The van der Waals surface area contributed by atoms with Gasteiger partial charge in [-0.05, 0) is 163 Å². The summed E-state index contributed by atoms with van der Waals surface area (Å²) in [6.07, 6.45) is 8.96. The molecule has 520 valence electrons. The molecule has 1 amide bonds. The fraction of sp³-hybridized carbons (Fsp3) is 0.636. The van der Waals surface area contributed by atoms with Crippen LogP contribution in [-0.2, 0) is 54.6 Å². The Hall–Kier alpha value is -5.45. The molecule has 16 nitrogen and oxygen atoms in total. The third-order valence-corrected chi connectivity index (χ3v) is 28.6. The quantitative estimate of drug-likeness (QED) is 0.0187. The Morgan fingerprint density at radius 3 is 1.77 bits per heavy atom. The van der Waals surface area contributed by atoms with Crippen molar-refractivity contribution < 1.29 is 43.0 Å². The van der Waals surface area contributed by atoms with E-state index in [0.717, 1.165) is 63.9 Å². The molecule has 0 radical (unpaired) electrons. The number of hydrogen-bond donors (Lipinski definition) is 6. The monoisotopic (exact) mass is 1320 g/mol. The first-order chi connectivity index (χ1) is 45.5. The van der Waals surface area contributed by atoms with E-state index in [-0.39, 0.29) is 42.7 Å². The van der Waals surface area contributed by atoms with E-state index in [0.29, 0.717) is 98.8 Å². The summed E-state index contributed by atoms with van der Waals surface area (Å²) in [5.41, 5.74) is 13.7. The van der Waals surface area contributed by atoms with Gasteiger partial charge in [-0.25, -0.2) is 0 Å². The van der Waals surface area contributed by atoms with Crippen LogP contribution in [0.25, 0.3) is 0 Å². The number of ether oxygens (including phenoxy) is 1. The molecule has 13 rings (SSSR count). The molecule has 2 aromatic carbocycles. The van der Waals surface area contributed by atoms with Crippen LogP contribution in [0.2, 0.25) is 17.1 Å². The standard InChI is InChI=1S/C33H44N4O4.C33H47N3O4Si.C10H19N.CH3F/c1-21-27-16-25(33(27,3)4)17-28(21)36-32(40)31-30(22(2)39)29(20-38)41-37(31)19-24-10-7-9-23(15-24)11-8-13-34-18-26-12-5-6-14-35-26;1-7-8-19-41(24(2)3,25(4)5)38-23-30-31-26(6)39-33(37)32(31)36(40-30)22-28-14-11-13-27(20-28)15-12-17-34-21-29-16-9-10-18-35-29;1-6-8-4-7(5-9(6)11)10(8,2)3;1-2/h5-7,9-10,12,14-15,21-22,25,27-31,34,38-39H,13,16-20H2,1-4H3,(H,36,40);9-11,13-14,16,18,20,24-26,30-32,34H,7-8,17,19,21-23H2,1-6H3;6-9H,4-5,11H2,1-3H3;1H3/t21-,22-,25+,27-,28-,29-,30+,31-;26-,30-,31+,32-;6-,7+,8-,9-;/m000./s1. The van der Waals surface area contributed by atoms with Crippen LogP contribution >= 0.6 is 0 Å². The van der Waals surface area contributed by atoms with Gasteiger partial charge in [0.15, 0.2) is 8.32 Å². The number of aromatic nitrogens is 2. The van der Waals surface area contributed by atoms with Crippen LogP contribution in [0.1, 0.15) is 162 Å². The second kappa shape index (κ2) is 34.4. The van der Waals surface area contributed by atoms with E-state index in [1.807, 2.05) is 84.8 Å². The van der Waals surface area contributed by atoms with E-state index in [4.69, 9.17) is 24.6 Å². The number of nitrogens with two attached hydrogens (primary N) is 1. The maximum Gasteiger partial charge on any atom is 0.326 e. The fourth-order valence-electron chi connectivity index (χ4n) is 16.8. The Labute approximate surface area is 569 Å². The molecule has 9 fully saturated rings. The number of hydroxylamine groups is 4. The number of fused-ring (bicyclic) bond motifs is 5. The van der Waals surface area contributed by atoms with Crippen LogP contribution in [0.3, 0.4) is 0 Å². The van der Waals surface area contributed by atoms with Crippen molar-refractivity contribution in [2.75, 3.05) is 33.5 Å². The number of benzene rings is 2. The number of nitrogens with one attached hydrogen (secondary N) is 3. The number of cyclic esters (lactones) is 1. The van der Waals surface area contributed by atoms with Crippen molar-refractivity contribution >= 4 is 20.2 Å². The van der Waals surface area contributed by atoms with Crippen LogP contribution in [0, 0.1) is 81.9 Å². The van der Waals surface area contributed by atoms with E-state index in [2.05, 4.69) is 138 Å². The average molecular weight is 1330 g/mol. The van der Waals surface area contributed by atoms with Crippen molar-refractivity contribution in [2.24, 2.45) is 63.9 Å². The van der Waals surface area contributed by atoms with E-state index in [9.17, 15) is 24.2 Å². The van der Waals surface area contributed by atoms with Crippen molar-refractivity contribution in [1.82, 2.24) is 36.0 Å². The number of aliphatic hydroxyl groups is 2. The highest BCUT2D eigenvalue weighted by Crippen LogP contribution is 2.62. The van der Waals surface area contributed by atoms with Crippen LogP contribution in [0.4, 0.5) is 4.39 Å². The molecule has 0 spiro atoms. The van der Waals surface area contributed by atoms with E-state index >= 15 is 0 Å². The molecule has 2 aromatic heterocycles. The highest BCUT2D eigenvalue weighted by molar-refractivity contribution is 6.76. The summed E-state index contributed by atoms with van der Waals surface area (Å²) in [4.78, 5) is 48.0. The number of rotatable bonds is 22. The number of alkyl halides is 1. The van der Waals surface area contributed by atoms with Crippen molar-refractivity contribution in [3.05, 3.63) is 131 Å². The first kappa shape index (κ1) is 75.3. The summed E-state index contributed by atoms with van der Waals surface area (Å²) in [7, 11) is -1.51. The lowest BCUT2D eigenvalue weighted by Gasteiger charge is -2.62. The first-order valence-corrected chi connectivity index (χ1v) is 37.5. The minimum Gasteiger partial charge on any atom is -0.461 e. The largest absolute Gasteiger partial charge is 0.461 e. The lowest BCUT2D eigenvalue weighted by molar-refractivity contribution is -0.195. The number of pyridine rings is 2. The predicted octanol–water partition coefficient (Wildman–Crippen LogP) is 11.3. The van der Waals surface area contributed by atoms with Crippen LogP contribution in [0.15, 0.2) is 97.3 Å². The number of carbonyl (C=O) groups is 2. The van der Waals surface area contributed by atoms with Gasteiger partial charge < -0.3 is 41.1 Å². The van der Waals surface area contributed by atoms with E-state index in [1.165, 1.54) is 32.1 Å². The number of esters is 1. The van der Waals surface area contributed by atoms with Crippen LogP contribution < -0.4 is 21.7 Å². The second-order valence-corrected chi connectivity index (χ2v) is 34.8. The molecule has 6 aliphatic carbocycles. The lowest BCUT2D eigenvalue weighted by atomic mass is 9.45. The number of aliphatic hydroxyl groups excluding tert-OH is 2. The molecule has 95 heavy (non-hydrogen) atoms. The number of halogens is 1. The van der Waals surface area contributed by atoms with Gasteiger partial charge in [-0.1, -0.05) is 149 Å². The zero-order valence-electron chi connectivity index (χ0n) is 59.3. The zero-order valence-corrected chi connectivity index (χ0v) is 60.3. The minimum absolute atomic E-state index is 0.0483. The molecule has 6 saturated carbocycles. The van der Waals surface area contributed by atoms with Crippen molar-refractivity contribution in [2.45, 2.75) is 220 Å². The van der Waals surface area contributed by atoms with Crippen molar-refractivity contribution in [1.29, 1.82) is 0 Å². The Balaban J connectivity index is 0.000000204. The van der Waals surface area contributed by atoms with Gasteiger partial charge in [-0.2, -0.15) is 10.1 Å². The summed E-state index contributed by atoms with van der Waals surface area (Å²) in [6, 6.07) is 28.3. The van der Waals surface area contributed by atoms with Gasteiger partial charge in [0, 0.05) is 54.6 Å². The highest BCUT2D eigenvalue weighted by atomic mass is 28.4. The number of unbranched alkanes of at least 4 members (excludes halogenated alkanes) is 1. The number of hydrogen-bond acceptors (Lipinski definition) is 15. The Kier molecular flexibility index (Phi) is 27.2. The smallest absolute Gasteiger partial charge is 0.326 e. The van der Waals surface area contributed by atoms with Crippen LogP contribution in [-0.4, -0.2) is 133 Å². The van der Waals surface area contributed by atoms with Crippen molar-refractivity contribution in [3.8, 4) is 23.7 Å². The zero-order chi connectivity index (χ0) is 68.8. The molecule has 4 aromatic rings. The summed E-state index contributed by atoms with van der Waals surface area (Å²) in [5, 5.41) is 34.1. The van der Waals surface area contributed by atoms with E-state index in [1.54, 1.807) is 24.4 Å². The molecule has 4 bridgehead atoms. The summed E-state index contributed by atoms with van der Waals surface area (Å²) >= 11 is 0. The molecule has 9 aliphatic rings. The summed E-state index contributed by atoms with van der Waals surface area (Å²) in [6.45, 7) is 32.7. The first-order valence-electron chi connectivity index (χ1n) is 35.3. The molecular formula is C77H113FN8O8Si. The van der Waals surface area contributed by atoms with Gasteiger partial charge in [0.25, 0.3) is 0 Å². The molecule has 18 heteroatoms. The van der Waals surface area contributed by atoms with Crippen LogP contribution in [0.5, 0.6) is 0 Å². The second-order valence-electron chi connectivity index (χ2n) is 29.8. The number of amides is 1. The maximum atomic E-state index is 13.8. The molecule has 7 N–H and O–H groups in total. The summed E-state index contributed by atoms with van der Waals surface area (Å²) < 4.78 is 22.1. The number of nitrogens with zero attached hydrogens (tertiary/aromatic N) is 4. The third kappa shape index (κ3) is 18.1. The highest BCUT2D eigenvalue weighted by Gasteiger charge is 2.59. The minimum atomic E-state index is -2.01. The Bertz CT molecular complexity index is 3200. The SMILES string of the molecule is CCCC[Si](OC[C@@H]1ON(Cc2cccc(C#CCNCc3ccccn3)c2)[C@@H]2C(=O)O[C@@H](C)[C@H]12)(C(C)C)C(C)C.CF.C[C@@H]1[C@@H](N)C[C@H]2C[C@@H]1C2(C)C.C[C@@H]1[C@@H](NC(=O)[C@@H]2[C@H]([C@H](C)O)[C@H](CO)ON2Cc2cccc(C#CCNCc3ccccn3)c2)C[C@H]2C[C@@H]1C2(C)C. The maximum absolute atomic E-state index is 13.8. The van der Waals surface area contributed by atoms with Gasteiger partial charge in [-0.3, -0.25) is 33.6 Å².